The largest absolute Gasteiger partial charge is 0.378 e. The number of nitrogens with zero attached hydrogens (tertiary/aromatic N) is 2. The summed E-state index contributed by atoms with van der Waals surface area (Å²) >= 11 is 1.53. The smallest absolute Gasteiger partial charge is 0.192 e. The Balaban J connectivity index is 1.63. The summed E-state index contributed by atoms with van der Waals surface area (Å²) in [6.07, 6.45) is 4.47. The monoisotopic (exact) mass is 375 g/mol. The Morgan fingerprint density at radius 1 is 1.04 bits per heavy atom. The van der Waals surface area contributed by atoms with Crippen LogP contribution in [0.15, 0.2) is 64.9 Å². The predicted octanol–water partition coefficient (Wildman–Crippen LogP) is 4.91. The van der Waals surface area contributed by atoms with Gasteiger partial charge < -0.3 is 5.32 Å². The maximum atomic E-state index is 12.5. The van der Waals surface area contributed by atoms with Crippen LogP contribution in [0.3, 0.4) is 0 Å². The lowest BCUT2D eigenvalue weighted by atomic mass is 9.99. The van der Waals surface area contributed by atoms with E-state index >= 15 is 0 Å². The molecule has 1 aromatic heterocycles. The molecule has 2 heterocycles. The van der Waals surface area contributed by atoms with Gasteiger partial charge in [0.2, 0.25) is 0 Å². The summed E-state index contributed by atoms with van der Waals surface area (Å²) in [4.78, 5) is 22.1. The summed E-state index contributed by atoms with van der Waals surface area (Å²) < 4.78 is 0. The fourth-order valence-corrected chi connectivity index (χ4v) is 4.13. The van der Waals surface area contributed by atoms with E-state index in [4.69, 9.17) is 0 Å². The molecule has 0 bridgehead atoms. The van der Waals surface area contributed by atoms with Crippen molar-refractivity contribution in [2.75, 3.05) is 5.32 Å². The van der Waals surface area contributed by atoms with E-state index in [1.165, 1.54) is 22.9 Å². The summed E-state index contributed by atoms with van der Waals surface area (Å²) in [6.45, 7) is 4.20. The lowest BCUT2D eigenvalue weighted by molar-refractivity contribution is -0.118. The summed E-state index contributed by atoms with van der Waals surface area (Å²) in [5.41, 5.74) is 5.73. The van der Waals surface area contributed by atoms with E-state index in [9.17, 15) is 4.79 Å². The van der Waals surface area contributed by atoms with Crippen LogP contribution in [0.2, 0.25) is 0 Å². The number of carbonyl (C=O) groups is 1. The third-order valence-electron chi connectivity index (χ3n) is 4.88. The fraction of sp³-hybridized carbons (Fsp3) is 0.227. The Labute approximate surface area is 163 Å². The molecule has 0 saturated heterocycles. The van der Waals surface area contributed by atoms with Gasteiger partial charge in [-0.1, -0.05) is 18.2 Å². The van der Waals surface area contributed by atoms with Crippen LogP contribution in [0.4, 0.5) is 5.69 Å². The van der Waals surface area contributed by atoms with Crippen LogP contribution in [0.25, 0.3) is 0 Å². The molecule has 4 rings (SSSR count). The molecule has 1 aliphatic heterocycles. The first-order valence-electron chi connectivity index (χ1n) is 9.01. The summed E-state index contributed by atoms with van der Waals surface area (Å²) in [6, 6.07) is 14.3. The van der Waals surface area contributed by atoms with E-state index in [0.717, 1.165) is 26.9 Å². The number of carbonyl (C=O) groups excluding carboxylic acids is 1. The molecule has 4 nitrogen and oxygen atoms in total. The van der Waals surface area contributed by atoms with Gasteiger partial charge in [-0.2, -0.15) is 0 Å². The van der Waals surface area contributed by atoms with Crippen LogP contribution in [0, 0.1) is 13.8 Å². The minimum atomic E-state index is -0.0295. The second-order valence-electron chi connectivity index (χ2n) is 6.92. The van der Waals surface area contributed by atoms with Gasteiger partial charge in [0.05, 0.1) is 6.04 Å². The number of benzene rings is 2. The van der Waals surface area contributed by atoms with E-state index < -0.39 is 0 Å². The first kappa shape index (κ1) is 17.7. The molecule has 1 unspecified atom stereocenters. The summed E-state index contributed by atoms with van der Waals surface area (Å²) in [7, 11) is 0. The van der Waals surface area contributed by atoms with Crippen LogP contribution < -0.4 is 5.32 Å². The van der Waals surface area contributed by atoms with Gasteiger partial charge in [-0.3, -0.25) is 4.79 Å². The molecule has 27 heavy (non-hydrogen) atoms. The van der Waals surface area contributed by atoms with Gasteiger partial charge in [-0.25, -0.2) is 9.97 Å². The van der Waals surface area contributed by atoms with Crippen molar-refractivity contribution in [1.29, 1.82) is 0 Å². The Hall–Kier alpha value is -2.66. The van der Waals surface area contributed by atoms with Gasteiger partial charge in [-0.05, 0) is 72.1 Å². The highest BCUT2D eigenvalue weighted by Crippen LogP contribution is 2.34. The molecule has 2 aromatic carbocycles. The Kier molecular flexibility index (Phi) is 4.94. The number of aromatic nitrogens is 2. The van der Waals surface area contributed by atoms with Crippen molar-refractivity contribution < 1.29 is 4.79 Å². The van der Waals surface area contributed by atoms with Crippen LogP contribution in [0.1, 0.15) is 34.7 Å². The van der Waals surface area contributed by atoms with E-state index in [2.05, 4.69) is 53.4 Å². The number of ketones is 1. The van der Waals surface area contributed by atoms with E-state index in [1.807, 2.05) is 18.2 Å². The highest BCUT2D eigenvalue weighted by molar-refractivity contribution is 7.99. The van der Waals surface area contributed by atoms with Crippen molar-refractivity contribution >= 4 is 23.2 Å². The second kappa shape index (κ2) is 7.53. The van der Waals surface area contributed by atoms with Crippen LogP contribution in [-0.4, -0.2) is 15.8 Å². The van der Waals surface area contributed by atoms with Gasteiger partial charge in [0.15, 0.2) is 5.16 Å². The lowest BCUT2D eigenvalue weighted by Gasteiger charge is -2.19. The van der Waals surface area contributed by atoms with Gasteiger partial charge in [0.1, 0.15) is 5.78 Å². The second-order valence-corrected chi connectivity index (χ2v) is 7.96. The zero-order valence-corrected chi connectivity index (χ0v) is 16.2. The zero-order valence-electron chi connectivity index (χ0n) is 15.4. The number of rotatable bonds is 3. The third kappa shape index (κ3) is 4.03. The van der Waals surface area contributed by atoms with Gasteiger partial charge in [0.25, 0.3) is 0 Å². The SMILES string of the molecule is Cc1cc2c(cc1C)NC(c1cccc(Sc3ncccn3)c1)CC(=O)C2. The van der Waals surface area contributed by atoms with E-state index in [-0.39, 0.29) is 11.8 Å². The van der Waals surface area contributed by atoms with Gasteiger partial charge >= 0.3 is 0 Å². The van der Waals surface area contributed by atoms with Crippen molar-refractivity contribution in [1.82, 2.24) is 9.97 Å². The van der Waals surface area contributed by atoms with Crippen molar-refractivity contribution in [3.63, 3.8) is 0 Å². The molecule has 1 N–H and O–H groups in total. The van der Waals surface area contributed by atoms with Crippen LogP contribution >= 0.6 is 11.8 Å². The molecule has 0 aliphatic carbocycles. The quantitative estimate of drug-likeness (QED) is 0.659. The number of hydrogen-bond acceptors (Lipinski definition) is 5. The molecule has 5 heteroatoms. The average molecular weight is 375 g/mol. The van der Waals surface area contributed by atoms with Crippen molar-refractivity contribution in [2.24, 2.45) is 0 Å². The topological polar surface area (TPSA) is 54.9 Å². The average Bonchev–Trinajstić information content (AvgIpc) is 2.81. The Morgan fingerprint density at radius 3 is 2.63 bits per heavy atom. The molecule has 0 fully saturated rings. The molecule has 0 radical (unpaired) electrons. The van der Waals surface area contributed by atoms with Crippen molar-refractivity contribution in [3.05, 3.63) is 77.1 Å². The van der Waals surface area contributed by atoms with Gasteiger partial charge in [0, 0.05) is 35.8 Å². The molecule has 0 spiro atoms. The molecule has 1 atom stereocenters. The zero-order chi connectivity index (χ0) is 18.8. The van der Waals surface area contributed by atoms with E-state index in [1.54, 1.807) is 12.4 Å². The highest BCUT2D eigenvalue weighted by atomic mass is 32.2. The first-order chi connectivity index (χ1) is 13.1. The molecule has 3 aromatic rings. The predicted molar refractivity (Wildman–Crippen MR) is 108 cm³/mol. The third-order valence-corrected chi connectivity index (χ3v) is 5.76. The number of fused-ring (bicyclic) bond motifs is 1. The minimum absolute atomic E-state index is 0.0295. The normalized spacial score (nSPS) is 16.4. The van der Waals surface area contributed by atoms with Crippen molar-refractivity contribution in [2.45, 2.75) is 42.8 Å². The number of hydrogen-bond donors (Lipinski definition) is 1. The Bertz CT molecular complexity index is 988. The number of anilines is 1. The van der Waals surface area contributed by atoms with Crippen LogP contribution in [-0.2, 0) is 11.2 Å². The highest BCUT2D eigenvalue weighted by Gasteiger charge is 2.23. The first-order valence-corrected chi connectivity index (χ1v) is 9.83. The molecular formula is C22H21N3OS. The summed E-state index contributed by atoms with van der Waals surface area (Å²) in [5, 5.41) is 4.32. The maximum Gasteiger partial charge on any atom is 0.192 e. The lowest BCUT2D eigenvalue weighted by Crippen LogP contribution is -2.13. The standard InChI is InChI=1S/C22H21N3OS/c1-14-9-17-11-18(26)13-21(25-20(17)10-15(14)2)16-5-3-6-19(12-16)27-22-23-7-4-8-24-22/h3-10,12,21,25H,11,13H2,1-2H3. The van der Waals surface area contributed by atoms with Gasteiger partial charge in [-0.15, -0.1) is 0 Å². The molecule has 136 valence electrons. The molecule has 0 saturated carbocycles. The van der Waals surface area contributed by atoms with Crippen molar-refractivity contribution in [3.8, 4) is 0 Å². The minimum Gasteiger partial charge on any atom is -0.378 e. The maximum absolute atomic E-state index is 12.5. The summed E-state index contributed by atoms with van der Waals surface area (Å²) in [5.74, 6) is 0.263. The van der Waals surface area contributed by atoms with E-state index in [0.29, 0.717) is 12.8 Å². The fourth-order valence-electron chi connectivity index (χ4n) is 3.35. The molecule has 0 amide bonds. The number of Topliss-reactive ketones (excluding diaryl/α,β-unsaturated/α-hetero) is 1. The Morgan fingerprint density at radius 2 is 1.81 bits per heavy atom. The molecule has 1 aliphatic rings. The number of nitrogens with one attached hydrogen (secondary N) is 1. The van der Waals surface area contributed by atoms with Crippen LogP contribution in [0.5, 0.6) is 0 Å². The number of aryl methyl sites for hydroxylation is 2. The molecular weight excluding hydrogens is 354 g/mol.